The zero-order valence-corrected chi connectivity index (χ0v) is 6.12. The van der Waals surface area contributed by atoms with Crippen molar-refractivity contribution in [2.24, 2.45) is 0 Å². The summed E-state index contributed by atoms with van der Waals surface area (Å²) in [7, 11) is 0. The number of nitrogens with two attached hydrogens (primary N) is 1. The van der Waals surface area contributed by atoms with E-state index in [-0.39, 0.29) is 0 Å². The van der Waals surface area contributed by atoms with Gasteiger partial charge in [0.2, 0.25) is 0 Å². The van der Waals surface area contributed by atoms with Crippen LogP contribution in [0.15, 0.2) is 24.9 Å². The Labute approximate surface area is 68.1 Å². The first kappa shape index (κ1) is 6.71. The molecule has 6 nitrogen and oxygen atoms in total. The van der Waals surface area contributed by atoms with Crippen molar-refractivity contribution in [2.75, 3.05) is 5.73 Å². The number of anilines is 1. The molecule has 6 heteroatoms. The van der Waals surface area contributed by atoms with Gasteiger partial charge in [0.25, 0.3) is 0 Å². The maximum absolute atomic E-state index is 5.38. The summed E-state index contributed by atoms with van der Waals surface area (Å²) in [6.07, 6.45) is 6.30. The number of hydrogen-bond acceptors (Lipinski definition) is 5. The molecule has 0 aliphatic carbocycles. The molecule has 0 amide bonds. The Morgan fingerprint density at radius 3 is 2.58 bits per heavy atom. The summed E-state index contributed by atoms with van der Waals surface area (Å²) in [4.78, 5) is 7.66. The van der Waals surface area contributed by atoms with Crippen molar-refractivity contribution >= 4 is 5.82 Å². The maximum Gasteiger partial charge on any atom is 0.166 e. The number of nitrogen functional groups attached to an aromatic ring is 1. The second-order valence-electron chi connectivity index (χ2n) is 2.18. The van der Waals surface area contributed by atoms with E-state index < -0.39 is 0 Å². The Balaban J connectivity index is 2.45. The smallest absolute Gasteiger partial charge is 0.166 e. The summed E-state index contributed by atoms with van der Waals surface area (Å²) in [5.41, 5.74) is 6.12. The van der Waals surface area contributed by atoms with Crippen LogP contribution in [0.2, 0.25) is 0 Å². The molecule has 0 unspecified atom stereocenters. The van der Waals surface area contributed by atoms with Gasteiger partial charge in [-0.1, -0.05) is 5.21 Å². The van der Waals surface area contributed by atoms with E-state index in [1.807, 2.05) is 0 Å². The van der Waals surface area contributed by atoms with Crippen molar-refractivity contribution in [3.63, 3.8) is 0 Å². The summed E-state index contributed by atoms with van der Waals surface area (Å²) < 4.78 is 1.51. The minimum atomic E-state index is 0.374. The van der Waals surface area contributed by atoms with Crippen LogP contribution in [0.1, 0.15) is 0 Å². The molecular formula is C6H6N6. The van der Waals surface area contributed by atoms with E-state index >= 15 is 0 Å². The minimum absolute atomic E-state index is 0.374. The summed E-state index contributed by atoms with van der Waals surface area (Å²) in [6, 6.07) is 0. The molecule has 0 saturated heterocycles. The maximum atomic E-state index is 5.38. The van der Waals surface area contributed by atoms with E-state index in [2.05, 4.69) is 20.3 Å². The molecule has 0 atom stereocenters. The molecule has 2 N–H and O–H groups in total. The minimum Gasteiger partial charge on any atom is -0.381 e. The third-order valence-corrected chi connectivity index (χ3v) is 1.32. The lowest BCUT2D eigenvalue weighted by Gasteiger charge is -1.94. The average molecular weight is 162 g/mol. The standard InChI is InChI=1S/C6H6N6/c7-6-3-12(11-10-6)5-1-8-4-9-2-5/h1-4H,7H2. The van der Waals surface area contributed by atoms with Crippen molar-refractivity contribution in [3.8, 4) is 5.69 Å². The van der Waals surface area contributed by atoms with Crippen LogP contribution in [-0.2, 0) is 0 Å². The molecule has 12 heavy (non-hydrogen) atoms. The summed E-state index contributed by atoms with van der Waals surface area (Å²) in [6.45, 7) is 0. The van der Waals surface area contributed by atoms with Gasteiger partial charge in [-0.15, -0.1) is 5.10 Å². The second kappa shape index (κ2) is 2.57. The molecule has 0 aromatic carbocycles. The van der Waals surface area contributed by atoms with Crippen molar-refractivity contribution < 1.29 is 0 Å². The quantitative estimate of drug-likeness (QED) is 0.619. The Morgan fingerprint density at radius 2 is 2.00 bits per heavy atom. The molecule has 0 aliphatic heterocycles. The fraction of sp³-hybridized carbons (Fsp3) is 0. The molecule has 2 heterocycles. The fourth-order valence-electron chi connectivity index (χ4n) is 0.812. The lowest BCUT2D eigenvalue weighted by atomic mass is 10.5. The lowest BCUT2D eigenvalue weighted by molar-refractivity contribution is 0.795. The molecule has 0 fully saturated rings. The largest absolute Gasteiger partial charge is 0.381 e. The average Bonchev–Trinajstić information content (AvgIpc) is 2.54. The van der Waals surface area contributed by atoms with E-state index in [4.69, 9.17) is 5.73 Å². The van der Waals surface area contributed by atoms with E-state index in [9.17, 15) is 0 Å². The molecule has 0 radical (unpaired) electrons. The van der Waals surface area contributed by atoms with Crippen molar-refractivity contribution in [1.29, 1.82) is 0 Å². The van der Waals surface area contributed by atoms with Crippen LogP contribution in [0.25, 0.3) is 5.69 Å². The lowest BCUT2D eigenvalue weighted by Crippen LogP contribution is -1.95. The van der Waals surface area contributed by atoms with E-state index in [0.29, 0.717) is 5.82 Å². The van der Waals surface area contributed by atoms with E-state index in [0.717, 1.165) is 5.69 Å². The predicted molar refractivity (Wildman–Crippen MR) is 41.4 cm³/mol. The van der Waals surface area contributed by atoms with Crippen LogP contribution in [0, 0.1) is 0 Å². The Hall–Kier alpha value is -1.98. The molecule has 2 rings (SSSR count). The highest BCUT2D eigenvalue weighted by Gasteiger charge is 1.98. The number of nitrogens with zero attached hydrogens (tertiary/aromatic N) is 5. The van der Waals surface area contributed by atoms with Gasteiger partial charge in [-0.25, -0.2) is 14.6 Å². The van der Waals surface area contributed by atoms with Crippen LogP contribution in [0.5, 0.6) is 0 Å². The first-order chi connectivity index (χ1) is 5.86. The number of aromatic nitrogens is 5. The predicted octanol–water partition coefficient (Wildman–Crippen LogP) is -0.361. The number of hydrogen-bond donors (Lipinski definition) is 1. The fourth-order valence-corrected chi connectivity index (χ4v) is 0.812. The highest BCUT2D eigenvalue weighted by Crippen LogP contribution is 2.02. The van der Waals surface area contributed by atoms with Crippen LogP contribution in [-0.4, -0.2) is 25.0 Å². The molecule has 60 valence electrons. The summed E-state index contributed by atoms with van der Waals surface area (Å²) in [5.74, 6) is 0.374. The third kappa shape index (κ3) is 1.09. The van der Waals surface area contributed by atoms with Gasteiger partial charge in [0.15, 0.2) is 5.82 Å². The first-order valence-electron chi connectivity index (χ1n) is 3.29. The van der Waals surface area contributed by atoms with Gasteiger partial charge < -0.3 is 5.73 Å². The van der Waals surface area contributed by atoms with Gasteiger partial charge in [-0.05, 0) is 0 Å². The summed E-state index contributed by atoms with van der Waals surface area (Å²) >= 11 is 0. The molecule has 0 aliphatic rings. The zero-order chi connectivity index (χ0) is 8.39. The van der Waals surface area contributed by atoms with Gasteiger partial charge in [0.05, 0.1) is 18.6 Å². The van der Waals surface area contributed by atoms with Crippen molar-refractivity contribution in [1.82, 2.24) is 25.0 Å². The Kier molecular flexibility index (Phi) is 1.44. The Morgan fingerprint density at radius 1 is 1.25 bits per heavy atom. The SMILES string of the molecule is Nc1cn(-c2cncnc2)nn1. The van der Waals surface area contributed by atoms with Crippen LogP contribution in [0.3, 0.4) is 0 Å². The molecule has 2 aromatic rings. The van der Waals surface area contributed by atoms with Crippen LogP contribution >= 0.6 is 0 Å². The highest BCUT2D eigenvalue weighted by atomic mass is 15.4. The number of rotatable bonds is 1. The Bertz CT molecular complexity index is 367. The van der Waals surface area contributed by atoms with Crippen molar-refractivity contribution in [2.45, 2.75) is 0 Å². The van der Waals surface area contributed by atoms with Crippen LogP contribution < -0.4 is 5.73 Å². The van der Waals surface area contributed by atoms with Gasteiger partial charge in [-0.2, -0.15) is 0 Å². The monoisotopic (exact) mass is 162 g/mol. The van der Waals surface area contributed by atoms with Gasteiger partial charge >= 0.3 is 0 Å². The topological polar surface area (TPSA) is 82.5 Å². The highest BCUT2D eigenvalue weighted by molar-refractivity contribution is 5.28. The van der Waals surface area contributed by atoms with Gasteiger partial charge in [-0.3, -0.25) is 0 Å². The molecular weight excluding hydrogens is 156 g/mol. The second-order valence-corrected chi connectivity index (χ2v) is 2.18. The van der Waals surface area contributed by atoms with Gasteiger partial charge in [0.1, 0.15) is 12.0 Å². The van der Waals surface area contributed by atoms with E-state index in [1.165, 1.54) is 11.0 Å². The van der Waals surface area contributed by atoms with Crippen molar-refractivity contribution in [3.05, 3.63) is 24.9 Å². The molecule has 0 bridgehead atoms. The summed E-state index contributed by atoms with van der Waals surface area (Å²) in [5, 5.41) is 7.38. The molecule has 2 aromatic heterocycles. The normalized spacial score (nSPS) is 10.0. The molecule has 0 spiro atoms. The third-order valence-electron chi connectivity index (χ3n) is 1.32. The van der Waals surface area contributed by atoms with E-state index in [1.54, 1.807) is 18.6 Å². The molecule has 0 saturated carbocycles. The van der Waals surface area contributed by atoms with Gasteiger partial charge in [0, 0.05) is 0 Å². The first-order valence-corrected chi connectivity index (χ1v) is 3.29. The van der Waals surface area contributed by atoms with Crippen LogP contribution in [0.4, 0.5) is 5.82 Å². The zero-order valence-electron chi connectivity index (χ0n) is 6.12.